The van der Waals surface area contributed by atoms with E-state index in [2.05, 4.69) is 15.5 Å². The second-order valence-corrected chi connectivity index (χ2v) is 3.82. The highest BCUT2D eigenvalue weighted by atomic mass is 16.5. The fourth-order valence-corrected chi connectivity index (χ4v) is 1.73. The van der Waals surface area contributed by atoms with Gasteiger partial charge in [-0.1, -0.05) is 5.16 Å². The number of ether oxygens (including phenoxy) is 1. The van der Waals surface area contributed by atoms with Crippen molar-refractivity contribution in [1.82, 2.24) is 15.5 Å². The van der Waals surface area contributed by atoms with Gasteiger partial charge >= 0.3 is 0 Å². The third-order valence-corrected chi connectivity index (χ3v) is 2.57. The molecule has 1 fully saturated rings. The van der Waals surface area contributed by atoms with Crippen LogP contribution in [0.25, 0.3) is 0 Å². The van der Waals surface area contributed by atoms with Gasteiger partial charge in [-0.15, -0.1) is 0 Å². The third kappa shape index (κ3) is 3.28. The van der Waals surface area contributed by atoms with Crippen molar-refractivity contribution in [1.29, 1.82) is 0 Å². The van der Waals surface area contributed by atoms with E-state index in [9.17, 15) is 0 Å². The maximum atomic E-state index is 5.29. The second-order valence-electron chi connectivity index (χ2n) is 3.82. The molecule has 0 atom stereocenters. The Morgan fingerprint density at radius 2 is 2.20 bits per heavy atom. The Balaban J connectivity index is 1.65. The molecule has 0 bridgehead atoms. The molecule has 1 aromatic rings. The van der Waals surface area contributed by atoms with E-state index in [4.69, 9.17) is 9.26 Å². The van der Waals surface area contributed by atoms with Crippen LogP contribution in [0.4, 0.5) is 0 Å². The number of hydrogen-bond donors (Lipinski definition) is 1. The first-order valence-electron chi connectivity index (χ1n) is 5.45. The molecule has 84 valence electrons. The number of nitrogens with zero attached hydrogens (tertiary/aromatic N) is 2. The van der Waals surface area contributed by atoms with Gasteiger partial charge in [0.25, 0.3) is 0 Å². The fraction of sp³-hybridized carbons (Fsp3) is 0.800. The lowest BCUT2D eigenvalue weighted by Crippen LogP contribution is -2.36. The quantitative estimate of drug-likeness (QED) is 0.794. The van der Waals surface area contributed by atoms with Crippen LogP contribution < -0.4 is 5.32 Å². The van der Waals surface area contributed by atoms with Gasteiger partial charge in [-0.25, -0.2) is 0 Å². The standard InChI is InChI=1S/C10H17N3O2/c1-8-12-10(13-15-8)2-5-11-9-3-6-14-7-4-9/h9,11H,2-7H2,1H3. The highest BCUT2D eigenvalue weighted by Crippen LogP contribution is 2.05. The summed E-state index contributed by atoms with van der Waals surface area (Å²) in [5.74, 6) is 1.42. The molecule has 0 unspecified atom stereocenters. The molecule has 0 radical (unpaired) electrons. The maximum absolute atomic E-state index is 5.29. The molecule has 2 rings (SSSR count). The summed E-state index contributed by atoms with van der Waals surface area (Å²) < 4.78 is 10.2. The molecule has 0 amide bonds. The average Bonchev–Trinajstić information content (AvgIpc) is 2.66. The smallest absolute Gasteiger partial charge is 0.223 e. The Kier molecular flexibility index (Phi) is 3.69. The molecule has 0 aliphatic carbocycles. The lowest BCUT2D eigenvalue weighted by atomic mass is 10.1. The molecule has 1 aromatic heterocycles. The van der Waals surface area contributed by atoms with Crippen LogP contribution in [0.15, 0.2) is 4.52 Å². The number of hydrogen-bond acceptors (Lipinski definition) is 5. The van der Waals surface area contributed by atoms with Crippen molar-refractivity contribution in [2.24, 2.45) is 0 Å². The van der Waals surface area contributed by atoms with Crippen LogP contribution >= 0.6 is 0 Å². The Labute approximate surface area is 89.2 Å². The molecule has 1 aliphatic rings. The first kappa shape index (κ1) is 10.6. The van der Waals surface area contributed by atoms with E-state index in [-0.39, 0.29) is 0 Å². The van der Waals surface area contributed by atoms with Crippen LogP contribution in [0, 0.1) is 6.92 Å². The van der Waals surface area contributed by atoms with Crippen molar-refractivity contribution in [2.45, 2.75) is 32.2 Å². The number of aromatic nitrogens is 2. The summed E-state index contributed by atoms with van der Waals surface area (Å²) in [5.41, 5.74) is 0. The van der Waals surface area contributed by atoms with Gasteiger partial charge in [-0.3, -0.25) is 0 Å². The van der Waals surface area contributed by atoms with E-state index in [1.165, 1.54) is 0 Å². The molecule has 0 aromatic carbocycles. The van der Waals surface area contributed by atoms with E-state index >= 15 is 0 Å². The van der Waals surface area contributed by atoms with Gasteiger partial charge in [-0.2, -0.15) is 4.98 Å². The van der Waals surface area contributed by atoms with Gasteiger partial charge in [-0.05, 0) is 12.8 Å². The largest absolute Gasteiger partial charge is 0.381 e. The number of aryl methyl sites for hydroxylation is 1. The summed E-state index contributed by atoms with van der Waals surface area (Å²) in [5, 5.41) is 7.33. The first-order valence-corrected chi connectivity index (χ1v) is 5.45. The van der Waals surface area contributed by atoms with Gasteiger partial charge in [0.1, 0.15) is 0 Å². The van der Waals surface area contributed by atoms with Crippen molar-refractivity contribution in [3.05, 3.63) is 11.7 Å². The number of nitrogens with one attached hydrogen (secondary N) is 1. The maximum Gasteiger partial charge on any atom is 0.223 e. The average molecular weight is 211 g/mol. The van der Waals surface area contributed by atoms with Crippen LogP contribution in [-0.4, -0.2) is 35.9 Å². The number of rotatable bonds is 4. The molecule has 15 heavy (non-hydrogen) atoms. The molecule has 2 heterocycles. The highest BCUT2D eigenvalue weighted by molar-refractivity contribution is 4.85. The zero-order valence-electron chi connectivity index (χ0n) is 9.03. The van der Waals surface area contributed by atoms with Gasteiger partial charge in [0, 0.05) is 39.1 Å². The summed E-state index contributed by atoms with van der Waals surface area (Å²) in [6.45, 7) is 4.46. The zero-order valence-corrected chi connectivity index (χ0v) is 9.03. The summed E-state index contributed by atoms with van der Waals surface area (Å²) in [6, 6.07) is 0.590. The monoisotopic (exact) mass is 211 g/mol. The molecule has 0 spiro atoms. The third-order valence-electron chi connectivity index (χ3n) is 2.57. The Morgan fingerprint density at radius 1 is 1.40 bits per heavy atom. The van der Waals surface area contributed by atoms with Crippen molar-refractivity contribution < 1.29 is 9.26 Å². The minimum atomic E-state index is 0.590. The second kappa shape index (κ2) is 5.23. The molecule has 5 nitrogen and oxygen atoms in total. The van der Waals surface area contributed by atoms with Gasteiger partial charge in [0.2, 0.25) is 5.89 Å². The summed E-state index contributed by atoms with van der Waals surface area (Å²) in [7, 11) is 0. The van der Waals surface area contributed by atoms with Crippen molar-refractivity contribution in [3.63, 3.8) is 0 Å². The van der Waals surface area contributed by atoms with Crippen LogP contribution in [0.2, 0.25) is 0 Å². The summed E-state index contributed by atoms with van der Waals surface area (Å²) >= 11 is 0. The van der Waals surface area contributed by atoms with Crippen LogP contribution in [0.3, 0.4) is 0 Å². The van der Waals surface area contributed by atoms with Crippen molar-refractivity contribution in [3.8, 4) is 0 Å². The Hall–Kier alpha value is -0.940. The van der Waals surface area contributed by atoms with Crippen molar-refractivity contribution in [2.75, 3.05) is 19.8 Å². The summed E-state index contributed by atoms with van der Waals surface area (Å²) in [4.78, 5) is 4.15. The molecular formula is C10H17N3O2. The van der Waals surface area contributed by atoms with Gasteiger partial charge in [0.15, 0.2) is 5.82 Å². The fourth-order valence-electron chi connectivity index (χ4n) is 1.73. The lowest BCUT2D eigenvalue weighted by Gasteiger charge is -2.22. The van der Waals surface area contributed by atoms with Crippen molar-refractivity contribution >= 4 is 0 Å². The summed E-state index contributed by atoms with van der Waals surface area (Å²) in [6.07, 6.45) is 3.03. The van der Waals surface area contributed by atoms with E-state index < -0.39 is 0 Å². The SMILES string of the molecule is Cc1nc(CCNC2CCOCC2)no1. The minimum absolute atomic E-state index is 0.590. The molecule has 1 aliphatic heterocycles. The van der Waals surface area contributed by atoms with E-state index in [0.717, 1.165) is 44.8 Å². The normalized spacial score (nSPS) is 18.2. The molecule has 0 saturated carbocycles. The molecule has 1 saturated heterocycles. The van der Waals surface area contributed by atoms with E-state index in [1.54, 1.807) is 0 Å². The van der Waals surface area contributed by atoms with E-state index in [1.807, 2.05) is 6.92 Å². The molecule has 5 heteroatoms. The molecule has 1 N–H and O–H groups in total. The van der Waals surface area contributed by atoms with Crippen LogP contribution in [-0.2, 0) is 11.2 Å². The minimum Gasteiger partial charge on any atom is -0.381 e. The van der Waals surface area contributed by atoms with Crippen LogP contribution in [0.1, 0.15) is 24.6 Å². The first-order chi connectivity index (χ1) is 7.34. The Morgan fingerprint density at radius 3 is 2.87 bits per heavy atom. The van der Waals surface area contributed by atoms with Gasteiger partial charge < -0.3 is 14.6 Å². The molecular weight excluding hydrogens is 194 g/mol. The lowest BCUT2D eigenvalue weighted by molar-refractivity contribution is 0.0781. The predicted molar refractivity (Wildman–Crippen MR) is 54.6 cm³/mol. The van der Waals surface area contributed by atoms with Gasteiger partial charge in [0.05, 0.1) is 0 Å². The highest BCUT2D eigenvalue weighted by Gasteiger charge is 2.12. The topological polar surface area (TPSA) is 60.2 Å². The predicted octanol–water partition coefficient (Wildman–Crippen LogP) is 0.689. The van der Waals surface area contributed by atoms with E-state index in [0.29, 0.717) is 11.9 Å². The van der Waals surface area contributed by atoms with Crippen LogP contribution in [0.5, 0.6) is 0 Å². The zero-order chi connectivity index (χ0) is 10.5. The Bertz CT molecular complexity index is 295.